The maximum atomic E-state index is 3.90. The molecular formula is C69H70N2. The minimum absolute atomic E-state index is 0.0746. The molecule has 0 aliphatic heterocycles. The summed E-state index contributed by atoms with van der Waals surface area (Å²) in [7, 11) is 0. The third-order valence-corrected chi connectivity index (χ3v) is 17.0. The highest BCUT2D eigenvalue weighted by atomic mass is 15.1. The summed E-state index contributed by atoms with van der Waals surface area (Å²) in [6.07, 6.45) is 14.3. The Morgan fingerprint density at radius 2 is 1.00 bits per heavy atom. The molecule has 0 saturated carbocycles. The number of anilines is 5. The Hall–Kier alpha value is -6.90. The van der Waals surface area contributed by atoms with Gasteiger partial charge in [-0.15, -0.1) is 0 Å². The number of hydrogen-bond donors (Lipinski definition) is 1. The molecule has 0 fully saturated rings. The first kappa shape index (κ1) is 46.5. The molecule has 0 radical (unpaired) electrons. The van der Waals surface area contributed by atoms with Gasteiger partial charge in [0.05, 0.1) is 11.4 Å². The predicted molar refractivity (Wildman–Crippen MR) is 307 cm³/mol. The van der Waals surface area contributed by atoms with Crippen LogP contribution in [0.3, 0.4) is 0 Å². The molecule has 2 aliphatic rings. The minimum Gasteiger partial charge on any atom is -0.355 e. The Balaban J connectivity index is 1.14. The maximum absolute atomic E-state index is 3.90. The van der Waals surface area contributed by atoms with Crippen molar-refractivity contribution < 1.29 is 0 Å². The molecule has 11 rings (SSSR count). The van der Waals surface area contributed by atoms with E-state index in [1.807, 2.05) is 0 Å². The van der Waals surface area contributed by atoms with E-state index in [9.17, 15) is 0 Å². The normalized spacial score (nSPS) is 13.4. The van der Waals surface area contributed by atoms with Crippen molar-refractivity contribution in [2.24, 2.45) is 0 Å². The third-order valence-electron chi connectivity index (χ3n) is 17.0. The summed E-state index contributed by atoms with van der Waals surface area (Å²) in [4.78, 5) is 2.60. The predicted octanol–water partition coefficient (Wildman–Crippen LogP) is 20.1. The summed E-state index contributed by atoms with van der Waals surface area (Å²) in [5.74, 6) is 0. The summed E-state index contributed by atoms with van der Waals surface area (Å²) in [6, 6.07) is 69.5. The van der Waals surface area contributed by atoms with Crippen LogP contribution in [0.1, 0.15) is 127 Å². The average Bonchev–Trinajstić information content (AvgIpc) is 3.68. The molecule has 0 atom stereocenters. The molecule has 9 aromatic carbocycles. The molecule has 356 valence electrons. The van der Waals surface area contributed by atoms with Crippen molar-refractivity contribution in [3.63, 3.8) is 0 Å². The molecule has 0 amide bonds. The fourth-order valence-corrected chi connectivity index (χ4v) is 12.4. The SMILES string of the molecule is CCCCCC1(CCCCC)c2cc(N(c3ccc(-c4ccccc4-c4ccc5c(c4)CC5)cc3)c3c4ccccc4c(Nc4ccccc4)c4ccccc34)ccc2-c2ccc(C(C)(CC)CC)cc21. The van der Waals surface area contributed by atoms with Crippen molar-refractivity contribution in [3.8, 4) is 33.4 Å². The van der Waals surface area contributed by atoms with Crippen LogP contribution in [0.4, 0.5) is 28.4 Å². The smallest absolute Gasteiger partial charge is 0.0619 e. The quantitative estimate of drug-likeness (QED) is 0.0524. The molecule has 1 N–H and O–H groups in total. The van der Waals surface area contributed by atoms with Crippen LogP contribution in [0.15, 0.2) is 182 Å². The lowest BCUT2D eigenvalue weighted by atomic mass is 9.69. The summed E-state index contributed by atoms with van der Waals surface area (Å²) >= 11 is 0. The average molecular weight is 927 g/mol. The molecule has 0 unspecified atom stereocenters. The van der Waals surface area contributed by atoms with Crippen LogP contribution in [0.25, 0.3) is 54.9 Å². The summed E-state index contributed by atoms with van der Waals surface area (Å²) in [5, 5.41) is 8.72. The Kier molecular flexibility index (Phi) is 12.9. The maximum Gasteiger partial charge on any atom is 0.0619 e. The molecule has 0 bridgehead atoms. The van der Waals surface area contributed by atoms with Crippen molar-refractivity contribution in [2.75, 3.05) is 10.2 Å². The van der Waals surface area contributed by atoms with Crippen molar-refractivity contribution in [1.29, 1.82) is 0 Å². The first-order valence-electron chi connectivity index (χ1n) is 27.0. The lowest BCUT2D eigenvalue weighted by Gasteiger charge is -2.36. The van der Waals surface area contributed by atoms with Gasteiger partial charge in [-0.3, -0.25) is 0 Å². The number of fused-ring (bicyclic) bond motifs is 6. The van der Waals surface area contributed by atoms with Crippen LogP contribution in [0, 0.1) is 0 Å². The zero-order valence-electron chi connectivity index (χ0n) is 42.8. The van der Waals surface area contributed by atoms with Gasteiger partial charge in [0.15, 0.2) is 0 Å². The van der Waals surface area contributed by atoms with Crippen molar-refractivity contribution in [1.82, 2.24) is 0 Å². The van der Waals surface area contributed by atoms with Gasteiger partial charge in [0.25, 0.3) is 0 Å². The van der Waals surface area contributed by atoms with Crippen LogP contribution in [0.5, 0.6) is 0 Å². The topological polar surface area (TPSA) is 15.3 Å². The molecule has 2 heteroatoms. The van der Waals surface area contributed by atoms with Gasteiger partial charge >= 0.3 is 0 Å². The molecule has 9 aromatic rings. The number of nitrogens with zero attached hydrogens (tertiary/aromatic N) is 1. The number of nitrogens with one attached hydrogen (secondary N) is 1. The molecule has 0 saturated heterocycles. The van der Waals surface area contributed by atoms with Gasteiger partial charge < -0.3 is 10.2 Å². The lowest BCUT2D eigenvalue weighted by Crippen LogP contribution is -2.27. The Morgan fingerprint density at radius 1 is 0.465 bits per heavy atom. The van der Waals surface area contributed by atoms with Crippen LogP contribution in [-0.4, -0.2) is 0 Å². The van der Waals surface area contributed by atoms with Crippen molar-refractivity contribution in [2.45, 2.75) is 122 Å². The minimum atomic E-state index is -0.0746. The van der Waals surface area contributed by atoms with E-state index < -0.39 is 0 Å². The first-order chi connectivity index (χ1) is 34.9. The van der Waals surface area contributed by atoms with Crippen molar-refractivity contribution in [3.05, 3.63) is 210 Å². The zero-order chi connectivity index (χ0) is 48.5. The van der Waals surface area contributed by atoms with Gasteiger partial charge in [-0.25, -0.2) is 0 Å². The zero-order valence-corrected chi connectivity index (χ0v) is 42.8. The summed E-state index contributed by atoms with van der Waals surface area (Å²) in [5.41, 5.74) is 21.3. The number of benzene rings is 9. The molecule has 2 nitrogen and oxygen atoms in total. The van der Waals surface area contributed by atoms with E-state index >= 15 is 0 Å². The van der Waals surface area contributed by atoms with E-state index in [0.717, 1.165) is 42.7 Å². The van der Waals surface area contributed by atoms with Gasteiger partial charge in [-0.1, -0.05) is 219 Å². The fraction of sp³-hybridized carbons (Fsp3) is 0.275. The van der Waals surface area contributed by atoms with E-state index in [1.165, 1.54) is 140 Å². The highest BCUT2D eigenvalue weighted by Gasteiger charge is 2.44. The number of aryl methyl sites for hydroxylation is 2. The second kappa shape index (κ2) is 19.7. The van der Waals surface area contributed by atoms with E-state index in [4.69, 9.17) is 0 Å². The molecular weight excluding hydrogens is 857 g/mol. The number of hydrogen-bond acceptors (Lipinski definition) is 2. The molecule has 0 heterocycles. The van der Waals surface area contributed by atoms with Crippen LogP contribution in [-0.2, 0) is 23.7 Å². The van der Waals surface area contributed by atoms with Gasteiger partial charge in [0.1, 0.15) is 0 Å². The number of unbranched alkanes of at least 4 members (excludes halogenated alkanes) is 4. The van der Waals surface area contributed by atoms with E-state index in [1.54, 1.807) is 5.56 Å². The van der Waals surface area contributed by atoms with Crippen LogP contribution < -0.4 is 10.2 Å². The molecule has 0 aromatic heterocycles. The summed E-state index contributed by atoms with van der Waals surface area (Å²) < 4.78 is 0. The Labute approximate surface area is 423 Å². The fourth-order valence-electron chi connectivity index (χ4n) is 12.4. The number of para-hydroxylation sites is 1. The monoisotopic (exact) mass is 927 g/mol. The van der Waals surface area contributed by atoms with Gasteiger partial charge in [0, 0.05) is 44.0 Å². The first-order valence-corrected chi connectivity index (χ1v) is 27.0. The molecule has 71 heavy (non-hydrogen) atoms. The Morgan fingerprint density at radius 3 is 1.59 bits per heavy atom. The highest BCUT2D eigenvalue weighted by molar-refractivity contribution is 6.22. The molecule has 0 spiro atoms. The standard InChI is InChI=1S/C69H70N2/c1-6-10-21-43-69(44-22-11-7-2)64-46-52(68(5,8-3)9-4)37-41-58(64)59-42-40-55(47-65(59)69)71(54-38-35-49(36-39-54)56-25-15-16-26-57(56)51-34-32-48-31-33-50(48)45-51)67-62-29-19-17-27-60(62)66(61-28-18-20-30-63(61)67)70-53-23-13-12-14-24-53/h12-20,23-30,32,34-42,45-47,70H,6-11,21-22,31,33,43-44H2,1-5H3. The third kappa shape index (κ3) is 8.34. The van der Waals surface area contributed by atoms with E-state index in [0.29, 0.717) is 0 Å². The highest BCUT2D eigenvalue weighted by Crippen LogP contribution is 2.57. The number of rotatable bonds is 18. The van der Waals surface area contributed by atoms with E-state index in [-0.39, 0.29) is 10.8 Å². The van der Waals surface area contributed by atoms with Gasteiger partial charge in [-0.2, -0.15) is 0 Å². The van der Waals surface area contributed by atoms with Gasteiger partial charge in [-0.05, 0) is 142 Å². The van der Waals surface area contributed by atoms with Crippen molar-refractivity contribution >= 4 is 50.0 Å². The largest absolute Gasteiger partial charge is 0.355 e. The van der Waals surface area contributed by atoms with Crippen LogP contribution >= 0.6 is 0 Å². The van der Waals surface area contributed by atoms with E-state index in [2.05, 4.69) is 227 Å². The van der Waals surface area contributed by atoms with Gasteiger partial charge in [0.2, 0.25) is 0 Å². The van der Waals surface area contributed by atoms with Crippen LogP contribution in [0.2, 0.25) is 0 Å². The molecule has 2 aliphatic carbocycles. The lowest BCUT2D eigenvalue weighted by molar-refractivity contribution is 0.401. The summed E-state index contributed by atoms with van der Waals surface area (Å²) in [6.45, 7) is 11.9. The second-order valence-corrected chi connectivity index (χ2v) is 21.0. The Bertz CT molecular complexity index is 3290. The second-order valence-electron chi connectivity index (χ2n) is 21.0.